The van der Waals surface area contributed by atoms with Crippen molar-refractivity contribution in [3.05, 3.63) is 35.4 Å². The molecule has 1 fully saturated rings. The van der Waals surface area contributed by atoms with Crippen molar-refractivity contribution < 1.29 is 14.3 Å². The first kappa shape index (κ1) is 16.0. The van der Waals surface area contributed by atoms with Crippen LogP contribution in [0.2, 0.25) is 0 Å². The van der Waals surface area contributed by atoms with Crippen molar-refractivity contribution in [3.8, 4) is 0 Å². The van der Waals surface area contributed by atoms with Gasteiger partial charge >= 0.3 is 5.97 Å². The van der Waals surface area contributed by atoms with Crippen molar-refractivity contribution in [2.24, 2.45) is 5.41 Å². The molecule has 1 aromatic carbocycles. The van der Waals surface area contributed by atoms with Gasteiger partial charge in [0.15, 0.2) is 5.60 Å². The summed E-state index contributed by atoms with van der Waals surface area (Å²) in [5, 5.41) is 0. The lowest BCUT2D eigenvalue weighted by atomic mass is 9.79. The Morgan fingerprint density at radius 2 is 1.67 bits per heavy atom. The molecule has 1 aliphatic heterocycles. The Kier molecular flexibility index (Phi) is 3.69. The van der Waals surface area contributed by atoms with Gasteiger partial charge in [0.05, 0.1) is 0 Å². The molecule has 1 heterocycles. The van der Waals surface area contributed by atoms with Crippen molar-refractivity contribution in [1.82, 2.24) is 0 Å². The minimum absolute atomic E-state index is 0.132. The average molecular weight is 290 g/mol. The molecule has 0 amide bonds. The summed E-state index contributed by atoms with van der Waals surface area (Å²) < 4.78 is 11.4. The largest absolute Gasteiger partial charge is 0.457 e. The van der Waals surface area contributed by atoms with Crippen LogP contribution < -0.4 is 0 Å². The Morgan fingerprint density at radius 3 is 2.14 bits per heavy atom. The molecule has 0 N–H and O–H groups in total. The molecule has 1 saturated heterocycles. The van der Waals surface area contributed by atoms with E-state index in [-0.39, 0.29) is 17.5 Å². The number of hydrogen-bond acceptors (Lipinski definition) is 3. The van der Waals surface area contributed by atoms with Gasteiger partial charge in [0.25, 0.3) is 0 Å². The van der Waals surface area contributed by atoms with Gasteiger partial charge in [0, 0.05) is 5.41 Å². The molecule has 0 aromatic heterocycles. The number of benzene rings is 1. The van der Waals surface area contributed by atoms with E-state index in [9.17, 15) is 4.79 Å². The number of esters is 1. The molecule has 0 saturated carbocycles. The highest BCUT2D eigenvalue weighted by molar-refractivity contribution is 5.83. The molecule has 21 heavy (non-hydrogen) atoms. The second kappa shape index (κ2) is 4.84. The first-order valence-corrected chi connectivity index (χ1v) is 7.45. The summed E-state index contributed by atoms with van der Waals surface area (Å²) in [5.74, 6) is -0.284. The van der Waals surface area contributed by atoms with Gasteiger partial charge < -0.3 is 9.47 Å². The van der Waals surface area contributed by atoms with Crippen LogP contribution in [0.5, 0.6) is 0 Å². The van der Waals surface area contributed by atoms with Gasteiger partial charge in [-0.2, -0.15) is 0 Å². The molecular weight excluding hydrogens is 264 g/mol. The van der Waals surface area contributed by atoms with Crippen LogP contribution >= 0.6 is 0 Å². The lowest BCUT2D eigenvalue weighted by Crippen LogP contribution is -2.44. The van der Waals surface area contributed by atoms with Crippen LogP contribution in [-0.2, 0) is 14.3 Å². The monoisotopic (exact) mass is 290 g/mol. The summed E-state index contributed by atoms with van der Waals surface area (Å²) in [4.78, 5) is 12.5. The van der Waals surface area contributed by atoms with Crippen molar-refractivity contribution in [2.45, 2.75) is 65.8 Å². The maximum Gasteiger partial charge on any atom is 0.341 e. The normalized spacial score (nSPS) is 25.6. The minimum atomic E-state index is -0.863. The van der Waals surface area contributed by atoms with E-state index >= 15 is 0 Å². The smallest absolute Gasteiger partial charge is 0.341 e. The van der Waals surface area contributed by atoms with Crippen LogP contribution in [0.4, 0.5) is 0 Å². The molecule has 3 nitrogen and oxygen atoms in total. The van der Waals surface area contributed by atoms with Crippen LogP contribution in [0.3, 0.4) is 0 Å². The topological polar surface area (TPSA) is 38.8 Å². The third-order valence-electron chi connectivity index (χ3n) is 4.75. The number of rotatable bonds is 3. The molecule has 3 heteroatoms. The van der Waals surface area contributed by atoms with Crippen LogP contribution in [-0.4, -0.2) is 17.2 Å². The fourth-order valence-corrected chi connectivity index (χ4v) is 1.98. The Morgan fingerprint density at radius 1 is 1.14 bits per heavy atom. The summed E-state index contributed by atoms with van der Waals surface area (Å²) in [6.07, 6.45) is -0.207. The van der Waals surface area contributed by atoms with E-state index in [2.05, 4.69) is 20.8 Å². The standard InChI is InChI=1S/C18H26O3/c1-12-8-10-13(11-9-12)14-18(7,20-14)15(19)21-17(5,6)16(2,3)4/h8-11,14H,1-7H3. The minimum Gasteiger partial charge on any atom is -0.457 e. The maximum atomic E-state index is 12.5. The van der Waals surface area contributed by atoms with Crippen LogP contribution in [0.1, 0.15) is 58.8 Å². The lowest BCUT2D eigenvalue weighted by Gasteiger charge is -2.38. The van der Waals surface area contributed by atoms with E-state index in [0.717, 1.165) is 5.56 Å². The van der Waals surface area contributed by atoms with Crippen LogP contribution in [0, 0.1) is 12.3 Å². The molecule has 2 atom stereocenters. The number of ether oxygens (including phenoxy) is 2. The highest BCUT2D eigenvalue weighted by atomic mass is 16.7. The van der Waals surface area contributed by atoms with Crippen molar-refractivity contribution in [3.63, 3.8) is 0 Å². The summed E-state index contributed by atoms with van der Waals surface area (Å²) >= 11 is 0. The molecule has 0 bridgehead atoms. The number of carbonyl (C=O) groups is 1. The van der Waals surface area contributed by atoms with Crippen LogP contribution in [0.15, 0.2) is 24.3 Å². The molecule has 1 aromatic rings. The first-order chi connectivity index (χ1) is 9.47. The predicted molar refractivity (Wildman–Crippen MR) is 83.0 cm³/mol. The third-order valence-corrected chi connectivity index (χ3v) is 4.75. The number of epoxide rings is 1. The number of hydrogen-bond donors (Lipinski definition) is 0. The Balaban J connectivity index is 2.10. The molecular formula is C18H26O3. The Labute approximate surface area is 127 Å². The predicted octanol–water partition coefficient (Wildman–Crippen LogP) is 4.19. The van der Waals surface area contributed by atoms with Gasteiger partial charge in [-0.3, -0.25) is 0 Å². The zero-order valence-electron chi connectivity index (χ0n) is 14.1. The fourth-order valence-electron chi connectivity index (χ4n) is 1.98. The quantitative estimate of drug-likeness (QED) is 0.619. The molecule has 116 valence electrons. The first-order valence-electron chi connectivity index (χ1n) is 7.45. The van der Waals surface area contributed by atoms with E-state index in [1.165, 1.54) is 5.56 Å². The van der Waals surface area contributed by atoms with Gasteiger partial charge in [0.2, 0.25) is 0 Å². The van der Waals surface area contributed by atoms with Gasteiger partial charge in [-0.25, -0.2) is 4.79 Å². The van der Waals surface area contributed by atoms with Crippen molar-refractivity contribution >= 4 is 5.97 Å². The summed E-state index contributed by atoms with van der Waals surface area (Å²) in [5.41, 5.74) is 0.674. The van der Waals surface area contributed by atoms with Gasteiger partial charge in [-0.1, -0.05) is 50.6 Å². The van der Waals surface area contributed by atoms with Crippen molar-refractivity contribution in [2.75, 3.05) is 0 Å². The number of aryl methyl sites for hydroxylation is 1. The maximum absolute atomic E-state index is 12.5. The van der Waals surface area contributed by atoms with Crippen molar-refractivity contribution in [1.29, 1.82) is 0 Å². The highest BCUT2D eigenvalue weighted by Crippen LogP contribution is 2.51. The highest BCUT2D eigenvalue weighted by Gasteiger charge is 2.61. The Hall–Kier alpha value is -1.35. The van der Waals surface area contributed by atoms with E-state index in [4.69, 9.17) is 9.47 Å². The van der Waals surface area contributed by atoms with Crippen LogP contribution in [0.25, 0.3) is 0 Å². The van der Waals surface area contributed by atoms with E-state index in [1.54, 1.807) is 6.92 Å². The Bertz CT molecular complexity index is 537. The molecule has 0 radical (unpaired) electrons. The van der Waals surface area contributed by atoms with E-state index < -0.39 is 11.2 Å². The van der Waals surface area contributed by atoms with E-state index in [0.29, 0.717) is 0 Å². The number of carbonyl (C=O) groups excluding carboxylic acids is 1. The zero-order chi connectivity index (χ0) is 16.1. The second-order valence-electron chi connectivity index (χ2n) is 7.67. The zero-order valence-corrected chi connectivity index (χ0v) is 14.1. The molecule has 0 aliphatic carbocycles. The summed E-state index contributed by atoms with van der Waals surface area (Å²) in [6, 6.07) is 8.07. The summed E-state index contributed by atoms with van der Waals surface area (Å²) in [6.45, 7) is 13.9. The second-order valence-corrected chi connectivity index (χ2v) is 7.67. The van der Waals surface area contributed by atoms with E-state index in [1.807, 2.05) is 45.0 Å². The molecule has 2 rings (SSSR count). The fraction of sp³-hybridized carbons (Fsp3) is 0.611. The third kappa shape index (κ3) is 2.98. The van der Waals surface area contributed by atoms with Gasteiger partial charge in [0.1, 0.15) is 11.7 Å². The molecule has 2 unspecified atom stereocenters. The average Bonchev–Trinajstić information content (AvgIpc) is 3.02. The molecule has 0 spiro atoms. The van der Waals surface area contributed by atoms with Gasteiger partial charge in [-0.05, 0) is 33.3 Å². The van der Waals surface area contributed by atoms with Gasteiger partial charge in [-0.15, -0.1) is 0 Å². The molecule has 1 aliphatic rings. The lowest BCUT2D eigenvalue weighted by molar-refractivity contribution is -0.173. The SMILES string of the molecule is Cc1ccc(C2OC2(C)C(=O)OC(C)(C)C(C)(C)C)cc1. The summed E-state index contributed by atoms with van der Waals surface area (Å²) in [7, 11) is 0.